The zero-order valence-electron chi connectivity index (χ0n) is 10.9. The summed E-state index contributed by atoms with van der Waals surface area (Å²) in [5, 5.41) is 0. The molecule has 0 bridgehead atoms. The van der Waals surface area contributed by atoms with Gasteiger partial charge in [-0.3, -0.25) is 0 Å². The van der Waals surface area contributed by atoms with Crippen molar-refractivity contribution in [1.82, 2.24) is 0 Å². The van der Waals surface area contributed by atoms with Crippen LogP contribution in [0.2, 0.25) is 0 Å². The molecule has 0 radical (unpaired) electrons. The van der Waals surface area contributed by atoms with E-state index in [1.54, 1.807) is 13.8 Å². The molecule has 0 saturated heterocycles. The van der Waals surface area contributed by atoms with E-state index in [2.05, 4.69) is 0 Å². The first-order valence-electron chi connectivity index (χ1n) is 5.57. The third kappa shape index (κ3) is 4.09. The predicted octanol–water partition coefficient (Wildman–Crippen LogP) is 3.93. The number of alkyl halides is 3. The Kier molecular flexibility index (Phi) is 4.45. The Morgan fingerprint density at radius 1 is 1.16 bits per heavy atom. The van der Waals surface area contributed by atoms with Crippen LogP contribution < -0.4 is 0 Å². The average Bonchev–Trinajstić information content (AvgIpc) is 2.26. The second-order valence-corrected chi connectivity index (χ2v) is 6.64. The van der Waals surface area contributed by atoms with Gasteiger partial charge in [0.1, 0.15) is 0 Å². The SMILES string of the molecule is CC(C)=C(C)S(=O)(=O)Cc1cccc(C(F)(F)F)c1. The first-order chi connectivity index (χ1) is 8.54. The fourth-order valence-corrected chi connectivity index (χ4v) is 2.93. The normalized spacial score (nSPS) is 12.3. The Hall–Kier alpha value is -1.30. The maximum Gasteiger partial charge on any atom is 0.416 e. The molecular formula is C13H15F3O2S. The van der Waals surface area contributed by atoms with Crippen LogP contribution in [0.15, 0.2) is 34.7 Å². The molecule has 0 saturated carbocycles. The van der Waals surface area contributed by atoms with Crippen molar-refractivity contribution < 1.29 is 21.6 Å². The fourth-order valence-electron chi connectivity index (χ4n) is 1.48. The molecule has 0 heterocycles. The predicted molar refractivity (Wildman–Crippen MR) is 68.1 cm³/mol. The van der Waals surface area contributed by atoms with Crippen LogP contribution >= 0.6 is 0 Å². The van der Waals surface area contributed by atoms with Crippen molar-refractivity contribution in [2.45, 2.75) is 32.7 Å². The lowest BCUT2D eigenvalue weighted by Gasteiger charge is -2.10. The summed E-state index contributed by atoms with van der Waals surface area (Å²) < 4.78 is 61.5. The molecule has 0 aliphatic carbocycles. The highest BCUT2D eigenvalue weighted by molar-refractivity contribution is 7.94. The summed E-state index contributed by atoms with van der Waals surface area (Å²) in [5.41, 5.74) is -0.0718. The molecule has 1 rings (SSSR count). The van der Waals surface area contributed by atoms with E-state index in [0.29, 0.717) is 5.57 Å². The maximum absolute atomic E-state index is 12.5. The Labute approximate surface area is 110 Å². The molecule has 0 spiro atoms. The van der Waals surface area contributed by atoms with Crippen LogP contribution in [0.25, 0.3) is 0 Å². The molecule has 1 aromatic rings. The van der Waals surface area contributed by atoms with Crippen LogP contribution in [0.5, 0.6) is 0 Å². The maximum atomic E-state index is 12.5. The summed E-state index contributed by atoms with van der Waals surface area (Å²) in [5.74, 6) is -0.423. The van der Waals surface area contributed by atoms with Crippen LogP contribution in [0.3, 0.4) is 0 Å². The van der Waals surface area contributed by atoms with Crippen molar-refractivity contribution in [3.8, 4) is 0 Å². The van der Waals surface area contributed by atoms with Gasteiger partial charge in [0, 0.05) is 4.91 Å². The quantitative estimate of drug-likeness (QED) is 0.845. The molecule has 0 N–H and O–H groups in total. The lowest BCUT2D eigenvalue weighted by molar-refractivity contribution is -0.137. The van der Waals surface area contributed by atoms with E-state index in [4.69, 9.17) is 0 Å². The second kappa shape index (κ2) is 5.36. The van der Waals surface area contributed by atoms with E-state index in [1.165, 1.54) is 19.1 Å². The van der Waals surface area contributed by atoms with Gasteiger partial charge in [-0.1, -0.05) is 23.8 Å². The van der Waals surface area contributed by atoms with Crippen LogP contribution in [0, 0.1) is 0 Å². The molecule has 19 heavy (non-hydrogen) atoms. The zero-order valence-corrected chi connectivity index (χ0v) is 11.7. The molecule has 0 aromatic heterocycles. The van der Waals surface area contributed by atoms with Gasteiger partial charge in [0.2, 0.25) is 0 Å². The lowest BCUT2D eigenvalue weighted by atomic mass is 10.1. The van der Waals surface area contributed by atoms with Crippen LogP contribution in [0.4, 0.5) is 13.2 Å². The molecule has 0 atom stereocenters. The Bertz CT molecular complexity index is 595. The van der Waals surface area contributed by atoms with E-state index >= 15 is 0 Å². The zero-order chi connectivity index (χ0) is 14.8. The molecule has 1 aromatic carbocycles. The summed E-state index contributed by atoms with van der Waals surface area (Å²) in [7, 11) is -3.56. The molecule has 2 nitrogen and oxygen atoms in total. The summed E-state index contributed by atoms with van der Waals surface area (Å²) >= 11 is 0. The fraction of sp³-hybridized carbons (Fsp3) is 0.385. The van der Waals surface area contributed by atoms with Gasteiger partial charge in [-0.2, -0.15) is 13.2 Å². The van der Waals surface area contributed by atoms with Gasteiger partial charge >= 0.3 is 6.18 Å². The van der Waals surface area contributed by atoms with Crippen LogP contribution in [0.1, 0.15) is 31.9 Å². The third-order valence-corrected chi connectivity index (χ3v) is 4.84. The van der Waals surface area contributed by atoms with Gasteiger partial charge in [0.25, 0.3) is 0 Å². The number of rotatable bonds is 3. The molecule has 0 fully saturated rings. The van der Waals surface area contributed by atoms with E-state index in [0.717, 1.165) is 12.1 Å². The molecular weight excluding hydrogens is 277 g/mol. The number of halogens is 3. The topological polar surface area (TPSA) is 34.1 Å². The van der Waals surface area contributed by atoms with Gasteiger partial charge in [-0.05, 0) is 32.4 Å². The minimum Gasteiger partial charge on any atom is -0.224 e. The first-order valence-corrected chi connectivity index (χ1v) is 7.22. The Morgan fingerprint density at radius 3 is 2.21 bits per heavy atom. The lowest BCUT2D eigenvalue weighted by Crippen LogP contribution is -2.09. The number of sulfone groups is 1. The number of hydrogen-bond acceptors (Lipinski definition) is 2. The highest BCUT2D eigenvalue weighted by Gasteiger charge is 2.30. The van der Waals surface area contributed by atoms with E-state index in [9.17, 15) is 21.6 Å². The molecule has 0 aliphatic heterocycles. The van der Waals surface area contributed by atoms with Crippen molar-refractivity contribution in [3.63, 3.8) is 0 Å². The molecule has 0 unspecified atom stereocenters. The van der Waals surface area contributed by atoms with Crippen LogP contribution in [-0.4, -0.2) is 8.42 Å². The summed E-state index contributed by atoms with van der Waals surface area (Å²) in [4.78, 5) is 0.199. The van der Waals surface area contributed by atoms with E-state index < -0.39 is 27.3 Å². The van der Waals surface area contributed by atoms with E-state index in [-0.39, 0.29) is 10.5 Å². The number of benzene rings is 1. The molecule has 6 heteroatoms. The highest BCUT2D eigenvalue weighted by Crippen LogP contribution is 2.30. The van der Waals surface area contributed by atoms with E-state index in [1.807, 2.05) is 0 Å². The van der Waals surface area contributed by atoms with Gasteiger partial charge in [-0.25, -0.2) is 8.42 Å². The molecule has 0 aliphatic rings. The van der Waals surface area contributed by atoms with Gasteiger partial charge in [-0.15, -0.1) is 0 Å². The largest absolute Gasteiger partial charge is 0.416 e. The molecule has 106 valence electrons. The minimum absolute atomic E-state index is 0.135. The van der Waals surface area contributed by atoms with Gasteiger partial charge in [0.15, 0.2) is 9.84 Å². The van der Waals surface area contributed by atoms with Crippen molar-refractivity contribution in [3.05, 3.63) is 45.9 Å². The number of allylic oxidation sites excluding steroid dienone is 2. The van der Waals surface area contributed by atoms with Gasteiger partial charge in [0.05, 0.1) is 11.3 Å². The van der Waals surface area contributed by atoms with Gasteiger partial charge < -0.3 is 0 Å². The average molecular weight is 292 g/mol. The first kappa shape index (κ1) is 15.8. The Balaban J connectivity index is 3.12. The minimum atomic E-state index is -4.47. The Morgan fingerprint density at radius 2 is 1.74 bits per heavy atom. The second-order valence-electron chi connectivity index (χ2n) is 4.51. The summed E-state index contributed by atoms with van der Waals surface area (Å²) in [6.45, 7) is 4.76. The van der Waals surface area contributed by atoms with Crippen molar-refractivity contribution in [1.29, 1.82) is 0 Å². The van der Waals surface area contributed by atoms with Crippen molar-refractivity contribution in [2.75, 3.05) is 0 Å². The highest BCUT2D eigenvalue weighted by atomic mass is 32.2. The molecule has 0 amide bonds. The van der Waals surface area contributed by atoms with Crippen molar-refractivity contribution >= 4 is 9.84 Å². The number of hydrogen-bond donors (Lipinski definition) is 0. The monoisotopic (exact) mass is 292 g/mol. The standard InChI is InChI=1S/C13H15F3O2S/c1-9(2)10(3)19(17,18)8-11-5-4-6-12(7-11)13(14,15)16/h4-7H,8H2,1-3H3. The van der Waals surface area contributed by atoms with Crippen LogP contribution in [-0.2, 0) is 21.8 Å². The smallest absolute Gasteiger partial charge is 0.224 e. The summed E-state index contributed by atoms with van der Waals surface area (Å²) in [6.07, 6.45) is -4.47. The summed E-state index contributed by atoms with van der Waals surface area (Å²) in [6, 6.07) is 4.39. The third-order valence-electron chi connectivity index (χ3n) is 2.78. The van der Waals surface area contributed by atoms with Crippen molar-refractivity contribution in [2.24, 2.45) is 0 Å².